The molecular formula is C32H45BrN6OSi. The third-order valence-corrected chi connectivity index (χ3v) is 10.9. The average Bonchev–Trinajstić information content (AvgIpc) is 3.48. The highest BCUT2D eigenvalue weighted by atomic mass is 79.9. The zero-order chi connectivity index (χ0) is 28.4. The fourth-order valence-electron chi connectivity index (χ4n) is 6.39. The number of benzene rings is 2. The first-order valence-electron chi connectivity index (χ1n) is 15.6. The SMILES string of the molecule is C[Si](C)(C)CCOCn1nc(Nc2nc3cc(CN4CCCCC4)ccc3n2C2CCCCC2)c2cc(Br)ccc21. The van der Waals surface area contributed by atoms with Crippen LogP contribution in [0.25, 0.3) is 21.9 Å². The van der Waals surface area contributed by atoms with Gasteiger partial charge < -0.3 is 14.6 Å². The molecule has 1 N–H and O–H groups in total. The van der Waals surface area contributed by atoms with E-state index in [-0.39, 0.29) is 0 Å². The van der Waals surface area contributed by atoms with Gasteiger partial charge in [0.25, 0.3) is 0 Å². The van der Waals surface area contributed by atoms with Crippen LogP contribution in [0.3, 0.4) is 0 Å². The number of piperidine rings is 1. The molecule has 0 amide bonds. The van der Waals surface area contributed by atoms with Crippen molar-refractivity contribution in [2.45, 2.75) is 96.4 Å². The van der Waals surface area contributed by atoms with Gasteiger partial charge in [-0.15, -0.1) is 0 Å². The van der Waals surface area contributed by atoms with Crippen molar-refractivity contribution in [1.29, 1.82) is 0 Å². The van der Waals surface area contributed by atoms with E-state index in [4.69, 9.17) is 14.8 Å². The Balaban J connectivity index is 1.32. The van der Waals surface area contributed by atoms with Crippen molar-refractivity contribution < 1.29 is 4.74 Å². The van der Waals surface area contributed by atoms with Crippen molar-refractivity contribution in [2.75, 3.05) is 25.0 Å². The minimum Gasteiger partial charge on any atom is -0.360 e. The van der Waals surface area contributed by atoms with Gasteiger partial charge in [0.15, 0.2) is 5.82 Å². The van der Waals surface area contributed by atoms with Gasteiger partial charge in [-0.3, -0.25) is 4.90 Å². The van der Waals surface area contributed by atoms with Crippen LogP contribution in [0.4, 0.5) is 11.8 Å². The first kappa shape index (κ1) is 28.9. The van der Waals surface area contributed by atoms with E-state index in [1.165, 1.54) is 75.5 Å². The monoisotopic (exact) mass is 636 g/mol. The molecule has 9 heteroatoms. The Morgan fingerprint density at radius 1 is 0.951 bits per heavy atom. The van der Waals surface area contributed by atoms with Gasteiger partial charge in [0, 0.05) is 37.1 Å². The van der Waals surface area contributed by atoms with Gasteiger partial charge in [-0.05, 0) is 80.7 Å². The molecule has 1 aliphatic carbocycles. The molecule has 220 valence electrons. The van der Waals surface area contributed by atoms with Crippen molar-refractivity contribution in [3.05, 3.63) is 46.4 Å². The lowest BCUT2D eigenvalue weighted by Gasteiger charge is -2.26. The normalized spacial score (nSPS) is 17.6. The number of anilines is 2. The molecule has 0 radical (unpaired) electrons. The summed E-state index contributed by atoms with van der Waals surface area (Å²) in [5.74, 6) is 1.73. The molecule has 0 unspecified atom stereocenters. The van der Waals surface area contributed by atoms with E-state index in [1.54, 1.807) is 0 Å². The second kappa shape index (κ2) is 12.6. The van der Waals surface area contributed by atoms with Crippen LogP contribution in [0.1, 0.15) is 63.0 Å². The lowest BCUT2D eigenvalue weighted by molar-refractivity contribution is 0.0819. The van der Waals surface area contributed by atoms with Crippen molar-refractivity contribution in [2.24, 2.45) is 0 Å². The number of rotatable bonds is 10. The van der Waals surface area contributed by atoms with Crippen LogP contribution in [0.15, 0.2) is 40.9 Å². The number of hydrogen-bond donors (Lipinski definition) is 1. The van der Waals surface area contributed by atoms with Crippen LogP contribution >= 0.6 is 15.9 Å². The smallest absolute Gasteiger partial charge is 0.209 e. The van der Waals surface area contributed by atoms with E-state index in [0.29, 0.717) is 12.8 Å². The van der Waals surface area contributed by atoms with Crippen LogP contribution in [-0.2, 0) is 18.0 Å². The largest absolute Gasteiger partial charge is 0.360 e. The fraction of sp³-hybridized carbons (Fsp3) is 0.562. The minimum absolute atomic E-state index is 0.448. The Kier molecular flexibility index (Phi) is 8.86. The number of likely N-dealkylation sites (tertiary alicyclic amines) is 1. The van der Waals surface area contributed by atoms with Gasteiger partial charge in [0.1, 0.15) is 6.73 Å². The van der Waals surface area contributed by atoms with Crippen LogP contribution < -0.4 is 5.32 Å². The summed E-state index contributed by atoms with van der Waals surface area (Å²) in [5, 5.41) is 9.80. The van der Waals surface area contributed by atoms with Gasteiger partial charge >= 0.3 is 0 Å². The second-order valence-electron chi connectivity index (χ2n) is 13.2. The minimum atomic E-state index is -1.15. The molecule has 2 fully saturated rings. The molecule has 2 aromatic carbocycles. The Hall–Kier alpha value is -2.20. The maximum absolute atomic E-state index is 6.11. The second-order valence-corrected chi connectivity index (χ2v) is 19.8. The maximum Gasteiger partial charge on any atom is 0.209 e. The zero-order valence-electron chi connectivity index (χ0n) is 25.0. The lowest BCUT2D eigenvalue weighted by Crippen LogP contribution is -2.29. The summed E-state index contributed by atoms with van der Waals surface area (Å²) in [6.07, 6.45) is 10.3. The van der Waals surface area contributed by atoms with Gasteiger partial charge in [0.2, 0.25) is 5.95 Å². The predicted molar refractivity (Wildman–Crippen MR) is 176 cm³/mol. The van der Waals surface area contributed by atoms with Crippen molar-refractivity contribution in [1.82, 2.24) is 24.2 Å². The number of hydrogen-bond acceptors (Lipinski definition) is 5. The summed E-state index contributed by atoms with van der Waals surface area (Å²) >= 11 is 3.68. The summed E-state index contributed by atoms with van der Waals surface area (Å²) in [6.45, 7) is 11.8. The van der Waals surface area contributed by atoms with Gasteiger partial charge in [-0.2, -0.15) is 5.10 Å². The topological polar surface area (TPSA) is 60.1 Å². The number of aromatic nitrogens is 4. The highest BCUT2D eigenvalue weighted by Gasteiger charge is 2.24. The van der Waals surface area contributed by atoms with Gasteiger partial charge in [-0.25, -0.2) is 9.67 Å². The van der Waals surface area contributed by atoms with Crippen molar-refractivity contribution in [3.8, 4) is 0 Å². The summed E-state index contributed by atoms with van der Waals surface area (Å²) < 4.78 is 11.6. The molecule has 1 saturated carbocycles. The number of ether oxygens (including phenoxy) is 1. The highest BCUT2D eigenvalue weighted by molar-refractivity contribution is 9.10. The molecular weight excluding hydrogens is 592 g/mol. The first-order valence-corrected chi connectivity index (χ1v) is 20.1. The number of nitrogens with one attached hydrogen (secondary N) is 1. The molecule has 1 saturated heterocycles. The molecule has 41 heavy (non-hydrogen) atoms. The molecule has 2 aliphatic rings. The molecule has 0 bridgehead atoms. The molecule has 6 rings (SSSR count). The standard InChI is InChI=1S/C32H45BrN6OSi/c1-41(2,3)19-18-40-23-38-29-15-13-25(33)21-27(29)31(36-38)35-32-34-28-20-24(22-37-16-8-5-9-17-37)12-14-30(28)39(32)26-10-6-4-7-11-26/h12-15,20-21,26H,4-11,16-19,22-23H2,1-3H3,(H,34,35,36). The molecule has 4 aromatic rings. The maximum atomic E-state index is 6.11. The van der Waals surface area contributed by atoms with E-state index in [9.17, 15) is 0 Å². The highest BCUT2D eigenvalue weighted by Crippen LogP contribution is 2.37. The van der Waals surface area contributed by atoms with E-state index in [0.717, 1.165) is 51.9 Å². The molecule has 1 aliphatic heterocycles. The molecule has 7 nitrogen and oxygen atoms in total. The zero-order valence-corrected chi connectivity index (χ0v) is 27.5. The summed E-state index contributed by atoms with van der Waals surface area (Å²) in [6, 6.07) is 14.9. The predicted octanol–water partition coefficient (Wildman–Crippen LogP) is 8.70. The molecule has 0 atom stereocenters. The number of fused-ring (bicyclic) bond motifs is 2. The Labute approximate surface area is 253 Å². The molecule has 3 heterocycles. The fourth-order valence-corrected chi connectivity index (χ4v) is 7.51. The first-order chi connectivity index (χ1) is 19.8. The third kappa shape index (κ3) is 6.90. The third-order valence-electron chi connectivity index (χ3n) is 8.70. The van der Waals surface area contributed by atoms with Crippen LogP contribution in [0.2, 0.25) is 25.7 Å². The Bertz CT molecular complexity index is 1480. The lowest BCUT2D eigenvalue weighted by atomic mass is 9.95. The Morgan fingerprint density at radius 3 is 2.49 bits per heavy atom. The molecule has 2 aromatic heterocycles. The summed E-state index contributed by atoms with van der Waals surface area (Å²) in [4.78, 5) is 7.81. The number of halogens is 1. The van der Waals surface area contributed by atoms with E-state index in [1.807, 2.05) is 4.68 Å². The molecule has 0 spiro atoms. The van der Waals surface area contributed by atoms with E-state index in [2.05, 4.69) is 86.8 Å². The number of nitrogens with zero attached hydrogens (tertiary/aromatic N) is 5. The van der Waals surface area contributed by atoms with Crippen molar-refractivity contribution in [3.63, 3.8) is 0 Å². The van der Waals surface area contributed by atoms with Crippen molar-refractivity contribution >= 4 is 57.7 Å². The average molecular weight is 638 g/mol. The number of imidazole rings is 1. The summed E-state index contributed by atoms with van der Waals surface area (Å²) in [5.41, 5.74) is 4.72. The van der Waals surface area contributed by atoms with Crippen LogP contribution in [0, 0.1) is 0 Å². The Morgan fingerprint density at radius 2 is 1.71 bits per heavy atom. The van der Waals surface area contributed by atoms with Gasteiger partial charge in [0.05, 0.1) is 16.6 Å². The van der Waals surface area contributed by atoms with E-state index >= 15 is 0 Å². The van der Waals surface area contributed by atoms with Crippen LogP contribution in [0.5, 0.6) is 0 Å². The quantitative estimate of drug-likeness (QED) is 0.139. The summed E-state index contributed by atoms with van der Waals surface area (Å²) in [7, 11) is -1.15. The van der Waals surface area contributed by atoms with Gasteiger partial charge in [-0.1, -0.05) is 67.3 Å². The van der Waals surface area contributed by atoms with E-state index < -0.39 is 8.07 Å². The van der Waals surface area contributed by atoms with Crippen LogP contribution in [-0.4, -0.2) is 52.0 Å².